The average molecular weight is 321 g/mol. The molecule has 0 fully saturated rings. The summed E-state index contributed by atoms with van der Waals surface area (Å²) in [5.74, 6) is 0. The van der Waals surface area contributed by atoms with Crippen molar-refractivity contribution in [1.29, 1.82) is 0 Å². The zero-order chi connectivity index (χ0) is 15.1. The van der Waals surface area contributed by atoms with Crippen LogP contribution in [-0.2, 0) is 16.1 Å². The van der Waals surface area contributed by atoms with Crippen LogP contribution in [0.3, 0.4) is 0 Å². The number of halogens is 1. The van der Waals surface area contributed by atoms with Gasteiger partial charge in [-0.25, -0.2) is 0 Å². The molecular formula is C17H17ClO2S. The standard InChI is InChI=1S/C17H17ClO2S/c1-2-19-17(21)16(14-8-10-15(18)11-9-14)20-12-13-6-4-3-5-7-13/h3-11,16H,2,12H2,1H3. The SMILES string of the molecule is CCOC(=S)C(OCc1ccccc1)c1ccc(Cl)cc1. The van der Waals surface area contributed by atoms with Crippen LogP contribution in [-0.4, -0.2) is 11.7 Å². The number of ether oxygens (including phenoxy) is 2. The van der Waals surface area contributed by atoms with Crippen molar-refractivity contribution in [2.75, 3.05) is 6.61 Å². The summed E-state index contributed by atoms with van der Waals surface area (Å²) >= 11 is 11.2. The summed E-state index contributed by atoms with van der Waals surface area (Å²) in [6.45, 7) is 2.90. The van der Waals surface area contributed by atoms with Gasteiger partial charge in [0.15, 0.2) is 11.2 Å². The first-order chi connectivity index (χ1) is 10.2. The minimum Gasteiger partial charge on any atom is -0.485 e. The van der Waals surface area contributed by atoms with Crippen LogP contribution in [0.2, 0.25) is 5.02 Å². The van der Waals surface area contributed by atoms with Crippen LogP contribution in [0.1, 0.15) is 24.2 Å². The Labute approximate surface area is 135 Å². The van der Waals surface area contributed by atoms with E-state index in [1.54, 1.807) is 0 Å². The molecule has 1 unspecified atom stereocenters. The fourth-order valence-electron chi connectivity index (χ4n) is 1.91. The highest BCUT2D eigenvalue weighted by Gasteiger charge is 2.19. The van der Waals surface area contributed by atoms with Crippen molar-refractivity contribution in [3.63, 3.8) is 0 Å². The van der Waals surface area contributed by atoms with Gasteiger partial charge in [-0.15, -0.1) is 0 Å². The molecule has 0 bridgehead atoms. The Morgan fingerprint density at radius 2 is 1.76 bits per heavy atom. The van der Waals surface area contributed by atoms with E-state index >= 15 is 0 Å². The lowest BCUT2D eigenvalue weighted by molar-refractivity contribution is 0.0692. The predicted molar refractivity (Wildman–Crippen MR) is 89.6 cm³/mol. The minimum absolute atomic E-state index is 0.377. The molecule has 2 nitrogen and oxygen atoms in total. The van der Waals surface area contributed by atoms with Gasteiger partial charge in [-0.3, -0.25) is 0 Å². The van der Waals surface area contributed by atoms with Gasteiger partial charge < -0.3 is 9.47 Å². The molecule has 0 aromatic heterocycles. The smallest absolute Gasteiger partial charge is 0.193 e. The summed E-state index contributed by atoms with van der Waals surface area (Å²) in [6.07, 6.45) is -0.377. The number of rotatable bonds is 6. The fourth-order valence-corrected chi connectivity index (χ4v) is 2.36. The molecule has 21 heavy (non-hydrogen) atoms. The third-order valence-corrected chi connectivity index (χ3v) is 3.52. The molecule has 1 atom stereocenters. The van der Waals surface area contributed by atoms with Crippen molar-refractivity contribution in [1.82, 2.24) is 0 Å². The highest BCUT2D eigenvalue weighted by atomic mass is 35.5. The number of hydrogen-bond donors (Lipinski definition) is 0. The third-order valence-electron chi connectivity index (χ3n) is 2.93. The van der Waals surface area contributed by atoms with Crippen LogP contribution in [0, 0.1) is 0 Å². The highest BCUT2D eigenvalue weighted by molar-refractivity contribution is 7.80. The van der Waals surface area contributed by atoms with Crippen LogP contribution in [0.25, 0.3) is 0 Å². The molecule has 0 saturated heterocycles. The number of hydrogen-bond acceptors (Lipinski definition) is 3. The quantitative estimate of drug-likeness (QED) is 0.701. The molecule has 0 radical (unpaired) electrons. The topological polar surface area (TPSA) is 18.5 Å². The van der Waals surface area contributed by atoms with Crippen LogP contribution in [0.5, 0.6) is 0 Å². The Morgan fingerprint density at radius 3 is 2.38 bits per heavy atom. The predicted octanol–water partition coefficient (Wildman–Crippen LogP) is 4.96. The molecular weight excluding hydrogens is 304 g/mol. The van der Waals surface area contributed by atoms with E-state index in [9.17, 15) is 0 Å². The van der Waals surface area contributed by atoms with Crippen LogP contribution >= 0.6 is 23.8 Å². The Kier molecular flexibility index (Phi) is 6.18. The van der Waals surface area contributed by atoms with E-state index in [1.165, 1.54) is 0 Å². The van der Waals surface area contributed by atoms with Crippen molar-refractivity contribution in [3.8, 4) is 0 Å². The number of thiocarbonyl (C=S) groups is 1. The molecule has 2 aromatic carbocycles. The molecule has 0 aliphatic carbocycles. The number of benzene rings is 2. The molecule has 0 saturated carbocycles. The molecule has 0 N–H and O–H groups in total. The first kappa shape index (κ1) is 16.0. The van der Waals surface area contributed by atoms with Gasteiger partial charge in [0.1, 0.15) is 0 Å². The van der Waals surface area contributed by atoms with Gasteiger partial charge in [0.05, 0.1) is 13.2 Å². The summed E-state index contributed by atoms with van der Waals surface area (Å²) in [5.41, 5.74) is 2.03. The lowest BCUT2D eigenvalue weighted by atomic mass is 10.1. The van der Waals surface area contributed by atoms with E-state index in [-0.39, 0.29) is 6.10 Å². The highest BCUT2D eigenvalue weighted by Crippen LogP contribution is 2.23. The molecule has 2 aromatic rings. The maximum absolute atomic E-state index is 5.96. The molecule has 0 aliphatic rings. The first-order valence-electron chi connectivity index (χ1n) is 6.78. The zero-order valence-corrected chi connectivity index (χ0v) is 13.4. The lowest BCUT2D eigenvalue weighted by Gasteiger charge is -2.19. The van der Waals surface area contributed by atoms with Gasteiger partial charge >= 0.3 is 0 Å². The van der Waals surface area contributed by atoms with E-state index in [0.717, 1.165) is 11.1 Å². The summed E-state index contributed by atoms with van der Waals surface area (Å²) in [6, 6.07) is 17.4. The Hall–Kier alpha value is -1.42. The maximum atomic E-state index is 5.96. The maximum Gasteiger partial charge on any atom is 0.193 e. The monoisotopic (exact) mass is 320 g/mol. The molecule has 2 rings (SSSR count). The van der Waals surface area contributed by atoms with Crippen molar-refractivity contribution in [2.45, 2.75) is 19.6 Å². The summed E-state index contributed by atoms with van der Waals surface area (Å²) in [4.78, 5) is 0. The molecule has 4 heteroatoms. The average Bonchev–Trinajstić information content (AvgIpc) is 2.50. The van der Waals surface area contributed by atoms with Crippen molar-refractivity contribution in [2.24, 2.45) is 0 Å². The van der Waals surface area contributed by atoms with Crippen LogP contribution in [0.15, 0.2) is 54.6 Å². The van der Waals surface area contributed by atoms with Gasteiger partial charge in [-0.1, -0.05) is 54.1 Å². The van der Waals surface area contributed by atoms with Crippen LogP contribution < -0.4 is 0 Å². The minimum atomic E-state index is -0.377. The van der Waals surface area contributed by atoms with Crippen LogP contribution in [0.4, 0.5) is 0 Å². The van der Waals surface area contributed by atoms with Gasteiger partial charge in [-0.2, -0.15) is 0 Å². The molecule has 0 spiro atoms. The Bertz CT molecular complexity index is 569. The Balaban J connectivity index is 2.12. The van der Waals surface area contributed by atoms with Crippen molar-refractivity contribution < 1.29 is 9.47 Å². The van der Waals surface area contributed by atoms with Gasteiger partial charge in [0, 0.05) is 5.02 Å². The molecule has 0 heterocycles. The second-order valence-electron chi connectivity index (χ2n) is 4.48. The van der Waals surface area contributed by atoms with Crippen molar-refractivity contribution in [3.05, 3.63) is 70.7 Å². The molecule has 110 valence electrons. The normalized spacial score (nSPS) is 11.9. The zero-order valence-electron chi connectivity index (χ0n) is 11.8. The first-order valence-corrected chi connectivity index (χ1v) is 7.57. The summed E-state index contributed by atoms with van der Waals surface area (Å²) in [5, 5.41) is 1.12. The van der Waals surface area contributed by atoms with Gasteiger partial charge in [0.25, 0.3) is 0 Å². The van der Waals surface area contributed by atoms with E-state index in [2.05, 4.69) is 0 Å². The molecule has 0 amide bonds. The Morgan fingerprint density at radius 1 is 1.10 bits per heavy atom. The van der Waals surface area contributed by atoms with E-state index in [1.807, 2.05) is 61.5 Å². The summed E-state index contributed by atoms with van der Waals surface area (Å²) < 4.78 is 11.4. The lowest BCUT2D eigenvalue weighted by Crippen LogP contribution is -2.17. The second kappa shape index (κ2) is 8.13. The second-order valence-corrected chi connectivity index (χ2v) is 5.32. The van der Waals surface area contributed by atoms with E-state index in [4.69, 9.17) is 33.3 Å². The van der Waals surface area contributed by atoms with E-state index in [0.29, 0.717) is 23.3 Å². The van der Waals surface area contributed by atoms with Gasteiger partial charge in [0.2, 0.25) is 0 Å². The molecule has 0 aliphatic heterocycles. The van der Waals surface area contributed by atoms with Gasteiger partial charge in [-0.05, 0) is 42.4 Å². The largest absolute Gasteiger partial charge is 0.485 e. The summed E-state index contributed by atoms with van der Waals surface area (Å²) in [7, 11) is 0. The third kappa shape index (κ3) is 4.81. The van der Waals surface area contributed by atoms with Crippen molar-refractivity contribution >= 4 is 28.9 Å². The van der Waals surface area contributed by atoms with E-state index < -0.39 is 0 Å². The fraction of sp³-hybridized carbons (Fsp3) is 0.235.